The molecule has 1 amide bonds. The summed E-state index contributed by atoms with van der Waals surface area (Å²) < 4.78 is 19.2. The van der Waals surface area contributed by atoms with Crippen LogP contribution in [0.3, 0.4) is 0 Å². The van der Waals surface area contributed by atoms with E-state index in [9.17, 15) is 14.0 Å². The van der Waals surface area contributed by atoms with Crippen molar-refractivity contribution < 1.29 is 18.7 Å². The zero-order chi connectivity index (χ0) is 27.0. The maximum absolute atomic E-state index is 13.9. The first kappa shape index (κ1) is 26.2. The number of anilines is 1. The van der Waals surface area contributed by atoms with Crippen molar-refractivity contribution in [3.05, 3.63) is 59.8 Å². The lowest BCUT2D eigenvalue weighted by Crippen LogP contribution is -2.27. The van der Waals surface area contributed by atoms with Crippen molar-refractivity contribution in [2.45, 2.75) is 71.3 Å². The molecule has 5 atom stereocenters. The van der Waals surface area contributed by atoms with Crippen LogP contribution in [0.25, 0.3) is 10.9 Å². The van der Waals surface area contributed by atoms with Gasteiger partial charge in [-0.1, -0.05) is 6.92 Å². The number of fused-ring (bicyclic) bond motifs is 2. The van der Waals surface area contributed by atoms with Gasteiger partial charge < -0.3 is 4.74 Å². The Kier molecular flexibility index (Phi) is 7.16. The lowest BCUT2D eigenvalue weighted by atomic mass is 9.83. The minimum atomic E-state index is -0.617. The molecule has 7 nitrogen and oxygen atoms in total. The fourth-order valence-electron chi connectivity index (χ4n) is 6.35. The molecule has 2 heterocycles. The van der Waals surface area contributed by atoms with Gasteiger partial charge in [0.05, 0.1) is 5.52 Å². The fraction of sp³-hybridized carbons (Fsp3) is 0.500. The van der Waals surface area contributed by atoms with E-state index < -0.39 is 11.7 Å². The smallest absolute Gasteiger partial charge is 0.414 e. The summed E-state index contributed by atoms with van der Waals surface area (Å²) in [5, 5.41) is 3.43. The number of ether oxygens (including phenoxy) is 1. The number of carbonyl (C=O) groups is 2. The van der Waals surface area contributed by atoms with Gasteiger partial charge in [-0.2, -0.15) is 0 Å². The van der Waals surface area contributed by atoms with Crippen LogP contribution in [0.15, 0.2) is 42.9 Å². The van der Waals surface area contributed by atoms with Gasteiger partial charge >= 0.3 is 6.09 Å². The van der Waals surface area contributed by atoms with Crippen molar-refractivity contribution in [3.8, 4) is 0 Å². The lowest BCUT2D eigenvalue weighted by molar-refractivity contribution is -0.123. The number of ketones is 1. The number of benzene rings is 1. The van der Waals surface area contributed by atoms with Crippen molar-refractivity contribution >= 4 is 28.7 Å². The Morgan fingerprint density at radius 2 is 1.74 bits per heavy atom. The summed E-state index contributed by atoms with van der Waals surface area (Å²) in [6.45, 7) is 7.39. The summed E-state index contributed by atoms with van der Waals surface area (Å²) in [5.41, 5.74) is 2.16. The Bertz CT molecular complexity index is 1320. The number of hydrogen-bond acceptors (Lipinski definition) is 6. The molecular weight excluding hydrogens is 483 g/mol. The average molecular weight is 519 g/mol. The highest BCUT2D eigenvalue weighted by Gasteiger charge is 2.44. The molecule has 0 radical (unpaired) electrons. The highest BCUT2D eigenvalue weighted by atomic mass is 19.1. The molecule has 2 aliphatic rings. The first-order chi connectivity index (χ1) is 18.1. The van der Waals surface area contributed by atoms with Gasteiger partial charge in [0.25, 0.3) is 0 Å². The molecule has 200 valence electrons. The minimum Gasteiger partial charge on any atom is -0.444 e. The van der Waals surface area contributed by atoms with Crippen LogP contribution in [0.2, 0.25) is 0 Å². The third-order valence-corrected chi connectivity index (χ3v) is 8.14. The topological polar surface area (TPSA) is 94.1 Å². The Hall–Kier alpha value is -3.42. The van der Waals surface area contributed by atoms with E-state index in [1.165, 1.54) is 11.6 Å². The van der Waals surface area contributed by atoms with Crippen LogP contribution >= 0.6 is 0 Å². The molecule has 3 unspecified atom stereocenters. The fourth-order valence-corrected chi connectivity index (χ4v) is 6.35. The van der Waals surface area contributed by atoms with Gasteiger partial charge in [-0.15, -0.1) is 0 Å². The van der Waals surface area contributed by atoms with Gasteiger partial charge in [-0.3, -0.25) is 15.1 Å². The summed E-state index contributed by atoms with van der Waals surface area (Å²) in [5.74, 6) is 2.06. The Morgan fingerprint density at radius 1 is 1.05 bits per heavy atom. The van der Waals surface area contributed by atoms with E-state index in [0.717, 1.165) is 42.1 Å². The van der Waals surface area contributed by atoms with Gasteiger partial charge in [0, 0.05) is 36.3 Å². The standard InChI is InChI=1S/C30H35FN4O3/c1-17(27(36)9-18-15-33-28(34-16-18)35-29(37)38-30(2,3)4)19-10-20-12-22(13-21(20)11-19)24-7-8-32-26-6-5-23(31)14-25(24)26/h5-8,14-17,19-22H,9-13H2,1-4H3,(H,33,34,35,37)/t17?,19?,20-,21+,22?. The average Bonchev–Trinajstić information content (AvgIpc) is 3.42. The van der Waals surface area contributed by atoms with Crippen LogP contribution in [0.4, 0.5) is 15.1 Å². The maximum atomic E-state index is 13.9. The van der Waals surface area contributed by atoms with Gasteiger partial charge in [-0.05, 0) is 106 Å². The molecule has 2 aliphatic carbocycles. The number of aromatic nitrogens is 3. The molecule has 2 saturated carbocycles. The van der Waals surface area contributed by atoms with Gasteiger partial charge in [0.15, 0.2) is 0 Å². The number of halogens is 1. The molecule has 1 N–H and O–H groups in total. The number of rotatable bonds is 6. The van der Waals surface area contributed by atoms with Gasteiger partial charge in [-0.25, -0.2) is 19.2 Å². The highest BCUT2D eigenvalue weighted by Crippen LogP contribution is 2.54. The second kappa shape index (κ2) is 10.4. The third-order valence-electron chi connectivity index (χ3n) is 8.14. The quantitative estimate of drug-likeness (QED) is 0.401. The first-order valence-electron chi connectivity index (χ1n) is 13.4. The monoisotopic (exact) mass is 518 g/mol. The van der Waals surface area contributed by atoms with E-state index >= 15 is 0 Å². The molecule has 1 aromatic carbocycles. The largest absolute Gasteiger partial charge is 0.444 e. The normalized spacial score (nSPS) is 23.7. The Balaban J connectivity index is 1.15. The molecular formula is C30H35FN4O3. The lowest BCUT2D eigenvalue weighted by Gasteiger charge is -2.21. The zero-order valence-electron chi connectivity index (χ0n) is 22.4. The molecule has 8 heteroatoms. The van der Waals surface area contributed by atoms with Crippen LogP contribution in [0.1, 0.15) is 70.4 Å². The van der Waals surface area contributed by atoms with E-state index in [4.69, 9.17) is 4.74 Å². The predicted molar refractivity (Wildman–Crippen MR) is 143 cm³/mol. The second-order valence-corrected chi connectivity index (χ2v) is 12.0. The minimum absolute atomic E-state index is 0.0329. The van der Waals surface area contributed by atoms with Crippen molar-refractivity contribution in [2.75, 3.05) is 5.32 Å². The van der Waals surface area contributed by atoms with E-state index in [1.54, 1.807) is 45.3 Å². The van der Waals surface area contributed by atoms with Crippen LogP contribution in [-0.4, -0.2) is 32.4 Å². The van der Waals surface area contributed by atoms with Gasteiger partial charge in [0.2, 0.25) is 5.95 Å². The Labute approximate surface area is 222 Å². The first-order valence-corrected chi connectivity index (χ1v) is 13.4. The third kappa shape index (κ3) is 5.84. The number of nitrogens with one attached hydrogen (secondary N) is 1. The van der Waals surface area contributed by atoms with Crippen LogP contribution in [-0.2, 0) is 16.0 Å². The molecule has 0 aliphatic heterocycles. The van der Waals surface area contributed by atoms with E-state index in [2.05, 4.69) is 20.3 Å². The number of Topliss-reactive ketones (excluding diaryl/α,β-unsaturated/α-hetero) is 1. The molecule has 0 spiro atoms. The van der Waals surface area contributed by atoms with E-state index in [-0.39, 0.29) is 29.9 Å². The number of carbonyl (C=O) groups excluding carboxylic acids is 2. The number of amides is 1. The van der Waals surface area contributed by atoms with Crippen LogP contribution in [0.5, 0.6) is 0 Å². The number of pyridine rings is 1. The molecule has 0 bridgehead atoms. The number of nitrogens with zero attached hydrogens (tertiary/aromatic N) is 3. The summed E-state index contributed by atoms with van der Waals surface area (Å²) in [4.78, 5) is 37.8. The predicted octanol–water partition coefficient (Wildman–Crippen LogP) is 6.48. The maximum Gasteiger partial charge on any atom is 0.414 e. The van der Waals surface area contributed by atoms with Crippen LogP contribution in [0, 0.1) is 29.5 Å². The SMILES string of the molecule is CC(C(=O)Cc1cnc(NC(=O)OC(C)(C)C)nc1)C1C[C@H]2CC(c3ccnc4ccc(F)cc34)C[C@H]2C1. The molecule has 2 fully saturated rings. The van der Waals surface area contributed by atoms with Gasteiger partial charge in [0.1, 0.15) is 17.2 Å². The van der Waals surface area contributed by atoms with Crippen molar-refractivity contribution in [1.29, 1.82) is 0 Å². The summed E-state index contributed by atoms with van der Waals surface area (Å²) >= 11 is 0. The molecule has 0 saturated heterocycles. The molecule has 2 aromatic heterocycles. The summed E-state index contributed by atoms with van der Waals surface area (Å²) in [7, 11) is 0. The van der Waals surface area contributed by atoms with Crippen molar-refractivity contribution in [2.24, 2.45) is 23.7 Å². The molecule has 5 rings (SSSR count). The number of hydrogen-bond donors (Lipinski definition) is 1. The van der Waals surface area contributed by atoms with Crippen molar-refractivity contribution in [1.82, 2.24) is 15.0 Å². The highest BCUT2D eigenvalue weighted by molar-refractivity contribution is 5.84. The van der Waals surface area contributed by atoms with Crippen LogP contribution < -0.4 is 5.32 Å². The Morgan fingerprint density at radius 3 is 2.39 bits per heavy atom. The second-order valence-electron chi connectivity index (χ2n) is 12.0. The van der Waals surface area contributed by atoms with Crippen molar-refractivity contribution in [3.63, 3.8) is 0 Å². The zero-order valence-corrected chi connectivity index (χ0v) is 22.4. The van der Waals surface area contributed by atoms with E-state index in [0.29, 0.717) is 23.7 Å². The summed E-state index contributed by atoms with van der Waals surface area (Å²) in [6, 6.07) is 6.88. The molecule has 38 heavy (non-hydrogen) atoms. The summed E-state index contributed by atoms with van der Waals surface area (Å²) in [6.07, 6.45) is 8.93. The molecule has 3 aromatic rings. The van der Waals surface area contributed by atoms with E-state index in [1.807, 2.05) is 19.2 Å².